The van der Waals surface area contributed by atoms with Crippen LogP contribution in [-0.2, 0) is 16.0 Å². The van der Waals surface area contributed by atoms with Crippen molar-refractivity contribution in [1.29, 1.82) is 0 Å². The minimum Gasteiger partial charge on any atom is -0.509 e. The molecule has 0 aliphatic carbocycles. The summed E-state index contributed by atoms with van der Waals surface area (Å²) in [6.45, 7) is 1.65. The monoisotopic (exact) mass is 340 g/mol. The van der Waals surface area contributed by atoms with Crippen molar-refractivity contribution in [2.24, 2.45) is 0 Å². The summed E-state index contributed by atoms with van der Waals surface area (Å²) in [5, 5.41) is 15.6. The number of halogens is 1. The molecule has 1 atom stereocenters. The Morgan fingerprint density at radius 3 is 2.60 bits per heavy atom. The van der Waals surface area contributed by atoms with E-state index in [9.17, 15) is 19.1 Å². The summed E-state index contributed by atoms with van der Waals surface area (Å²) in [5.74, 6) is -2.28. The van der Waals surface area contributed by atoms with Crippen LogP contribution in [0.3, 0.4) is 0 Å². The molecular weight excluding hydrogens is 323 g/mol. The normalized spacial score (nSPS) is 19.7. The summed E-state index contributed by atoms with van der Waals surface area (Å²) in [7, 11) is 0. The van der Waals surface area contributed by atoms with Crippen molar-refractivity contribution in [3.05, 3.63) is 77.3 Å². The largest absolute Gasteiger partial charge is 0.509 e. The van der Waals surface area contributed by atoms with E-state index in [4.69, 9.17) is 0 Å². The van der Waals surface area contributed by atoms with Gasteiger partial charge in [0.25, 0.3) is 11.8 Å². The first-order valence-corrected chi connectivity index (χ1v) is 7.76. The predicted octanol–water partition coefficient (Wildman–Crippen LogP) is 2.71. The number of carbonyl (C=O) groups is 2. The van der Waals surface area contributed by atoms with E-state index in [1.165, 1.54) is 18.2 Å². The Hall–Kier alpha value is -3.15. The van der Waals surface area contributed by atoms with Gasteiger partial charge in [0, 0.05) is 12.1 Å². The highest BCUT2D eigenvalue weighted by molar-refractivity contribution is 6.24. The summed E-state index contributed by atoms with van der Waals surface area (Å²) >= 11 is 0. The van der Waals surface area contributed by atoms with Gasteiger partial charge in [0.05, 0.1) is 5.54 Å². The standard InChI is InChI=1S/C19H17FN2O3/c1-19(11-12-6-3-2-4-7-12)16(23)15(18(25)22-19)17(24)21-14-9-5-8-13(20)10-14/h2-10,23H,11H2,1H3,(H,21,24)(H,22,25). The van der Waals surface area contributed by atoms with Crippen molar-refractivity contribution < 1.29 is 19.1 Å². The van der Waals surface area contributed by atoms with E-state index >= 15 is 0 Å². The summed E-state index contributed by atoms with van der Waals surface area (Å²) in [6.07, 6.45) is 0.335. The lowest BCUT2D eigenvalue weighted by Crippen LogP contribution is -2.43. The number of amides is 2. The maximum absolute atomic E-state index is 13.2. The van der Waals surface area contributed by atoms with Crippen LogP contribution in [0.15, 0.2) is 65.9 Å². The van der Waals surface area contributed by atoms with Gasteiger partial charge in [0.2, 0.25) is 0 Å². The van der Waals surface area contributed by atoms with Crippen LogP contribution in [0.5, 0.6) is 0 Å². The molecule has 1 unspecified atom stereocenters. The summed E-state index contributed by atoms with van der Waals surface area (Å²) < 4.78 is 13.2. The molecule has 0 bridgehead atoms. The van der Waals surface area contributed by atoms with Crippen molar-refractivity contribution >= 4 is 17.5 Å². The first-order chi connectivity index (χ1) is 11.9. The van der Waals surface area contributed by atoms with Gasteiger partial charge in [-0.25, -0.2) is 4.39 Å². The molecule has 128 valence electrons. The van der Waals surface area contributed by atoms with Crippen LogP contribution in [0.2, 0.25) is 0 Å². The molecule has 0 aromatic heterocycles. The van der Waals surface area contributed by atoms with Crippen molar-refractivity contribution in [1.82, 2.24) is 5.32 Å². The average Bonchev–Trinajstić information content (AvgIpc) is 2.77. The maximum atomic E-state index is 13.2. The minimum absolute atomic E-state index is 0.203. The van der Waals surface area contributed by atoms with Crippen LogP contribution in [0, 0.1) is 5.82 Å². The first kappa shape index (κ1) is 16.7. The molecule has 25 heavy (non-hydrogen) atoms. The zero-order valence-electron chi connectivity index (χ0n) is 13.5. The highest BCUT2D eigenvalue weighted by Gasteiger charge is 2.44. The smallest absolute Gasteiger partial charge is 0.264 e. The Bertz CT molecular complexity index is 864. The molecule has 0 saturated heterocycles. The maximum Gasteiger partial charge on any atom is 0.264 e. The van der Waals surface area contributed by atoms with Gasteiger partial charge in [0.1, 0.15) is 17.1 Å². The number of carbonyl (C=O) groups excluding carboxylic acids is 2. The van der Waals surface area contributed by atoms with Gasteiger partial charge in [0.15, 0.2) is 0 Å². The number of aliphatic hydroxyl groups excluding tert-OH is 1. The third-order valence-corrected chi connectivity index (χ3v) is 4.09. The molecule has 2 aromatic carbocycles. The van der Waals surface area contributed by atoms with Crippen LogP contribution in [0.25, 0.3) is 0 Å². The highest BCUT2D eigenvalue weighted by Crippen LogP contribution is 2.29. The van der Waals surface area contributed by atoms with Crippen molar-refractivity contribution in [3.63, 3.8) is 0 Å². The van der Waals surface area contributed by atoms with E-state index in [-0.39, 0.29) is 17.0 Å². The van der Waals surface area contributed by atoms with Crippen LogP contribution < -0.4 is 10.6 Å². The zero-order chi connectivity index (χ0) is 18.0. The molecule has 0 fully saturated rings. The van der Waals surface area contributed by atoms with Gasteiger partial charge in [-0.2, -0.15) is 0 Å². The van der Waals surface area contributed by atoms with Crippen molar-refractivity contribution in [2.45, 2.75) is 18.9 Å². The van der Waals surface area contributed by atoms with Gasteiger partial charge in [-0.15, -0.1) is 0 Å². The molecule has 2 amide bonds. The lowest BCUT2D eigenvalue weighted by atomic mass is 9.91. The van der Waals surface area contributed by atoms with Gasteiger partial charge in [-0.05, 0) is 30.7 Å². The summed E-state index contributed by atoms with van der Waals surface area (Å²) in [4.78, 5) is 24.6. The van der Waals surface area contributed by atoms with Crippen molar-refractivity contribution in [2.75, 3.05) is 5.32 Å². The molecule has 3 rings (SSSR count). The molecule has 0 spiro atoms. The highest BCUT2D eigenvalue weighted by atomic mass is 19.1. The SMILES string of the molecule is CC1(Cc2ccccc2)NC(=O)C(C(=O)Nc2cccc(F)c2)=C1O. The average molecular weight is 340 g/mol. The topological polar surface area (TPSA) is 78.4 Å². The lowest BCUT2D eigenvalue weighted by molar-refractivity contribution is -0.121. The minimum atomic E-state index is -1.08. The molecule has 1 aliphatic heterocycles. The lowest BCUT2D eigenvalue weighted by Gasteiger charge is -2.24. The Morgan fingerprint density at radius 2 is 1.92 bits per heavy atom. The van der Waals surface area contributed by atoms with Crippen molar-refractivity contribution in [3.8, 4) is 0 Å². The molecule has 6 heteroatoms. The van der Waals surface area contributed by atoms with E-state index in [0.717, 1.165) is 11.6 Å². The fraction of sp³-hybridized carbons (Fsp3) is 0.158. The van der Waals surface area contributed by atoms with Crippen LogP contribution in [-0.4, -0.2) is 22.5 Å². The van der Waals surface area contributed by atoms with Gasteiger partial charge >= 0.3 is 0 Å². The number of anilines is 1. The fourth-order valence-electron chi connectivity index (χ4n) is 2.86. The predicted molar refractivity (Wildman–Crippen MR) is 91.4 cm³/mol. The molecular formula is C19H17FN2O3. The third kappa shape index (κ3) is 3.38. The first-order valence-electron chi connectivity index (χ1n) is 7.76. The van der Waals surface area contributed by atoms with Gasteiger partial charge in [-0.3, -0.25) is 9.59 Å². The molecule has 1 heterocycles. The number of aliphatic hydroxyl groups is 1. The fourth-order valence-corrected chi connectivity index (χ4v) is 2.86. The second-order valence-corrected chi connectivity index (χ2v) is 6.14. The van der Waals surface area contributed by atoms with E-state index in [1.807, 2.05) is 30.3 Å². The molecule has 0 radical (unpaired) electrons. The number of rotatable bonds is 4. The van der Waals surface area contributed by atoms with E-state index < -0.39 is 23.2 Å². The molecule has 1 aliphatic rings. The Balaban J connectivity index is 1.85. The third-order valence-electron chi connectivity index (χ3n) is 4.09. The van der Waals surface area contributed by atoms with E-state index in [1.54, 1.807) is 6.92 Å². The quantitative estimate of drug-likeness (QED) is 0.749. The summed E-state index contributed by atoms with van der Waals surface area (Å²) in [6, 6.07) is 14.6. The zero-order valence-corrected chi connectivity index (χ0v) is 13.5. The number of hydrogen-bond donors (Lipinski definition) is 3. The second kappa shape index (κ2) is 6.39. The Labute approximate surface area is 144 Å². The van der Waals surface area contributed by atoms with E-state index in [0.29, 0.717) is 6.42 Å². The Morgan fingerprint density at radius 1 is 1.20 bits per heavy atom. The van der Waals surface area contributed by atoms with Crippen LogP contribution in [0.4, 0.5) is 10.1 Å². The van der Waals surface area contributed by atoms with Gasteiger partial charge in [-0.1, -0.05) is 36.4 Å². The molecule has 3 N–H and O–H groups in total. The number of nitrogens with one attached hydrogen (secondary N) is 2. The van der Waals surface area contributed by atoms with E-state index in [2.05, 4.69) is 10.6 Å². The van der Waals surface area contributed by atoms with Gasteiger partial charge < -0.3 is 15.7 Å². The molecule has 2 aromatic rings. The number of benzene rings is 2. The Kier molecular flexibility index (Phi) is 4.27. The van der Waals surface area contributed by atoms with Crippen LogP contribution >= 0.6 is 0 Å². The summed E-state index contributed by atoms with van der Waals surface area (Å²) in [5.41, 5.74) is -0.325. The second-order valence-electron chi connectivity index (χ2n) is 6.14. The molecule has 5 nitrogen and oxygen atoms in total. The molecule has 0 saturated carbocycles. The van der Waals surface area contributed by atoms with Crippen LogP contribution in [0.1, 0.15) is 12.5 Å². The number of hydrogen-bond acceptors (Lipinski definition) is 3.